The molecule has 0 bridgehead atoms. The van der Waals surface area contributed by atoms with Crippen LogP contribution >= 0.6 is 0 Å². The molecule has 2 N–H and O–H groups in total. The van der Waals surface area contributed by atoms with E-state index < -0.39 is 10.0 Å². The lowest BCUT2D eigenvalue weighted by molar-refractivity contribution is 0.271. The van der Waals surface area contributed by atoms with Gasteiger partial charge in [0.1, 0.15) is 0 Å². The fourth-order valence-corrected chi connectivity index (χ4v) is 2.24. The molecule has 0 aliphatic heterocycles. The van der Waals surface area contributed by atoms with E-state index in [0.717, 1.165) is 13.0 Å². The quantitative estimate of drug-likeness (QED) is 0.696. The second-order valence-electron chi connectivity index (χ2n) is 4.24. The largest absolute Gasteiger partial charge is 0.335 e. The number of hydrogen-bond acceptors (Lipinski definition) is 4. The summed E-state index contributed by atoms with van der Waals surface area (Å²) >= 11 is 0. The molecule has 0 saturated carbocycles. The maximum atomic E-state index is 11.7. The van der Waals surface area contributed by atoms with Crippen LogP contribution in [0.2, 0.25) is 0 Å². The highest BCUT2D eigenvalue weighted by molar-refractivity contribution is 7.89. The van der Waals surface area contributed by atoms with Gasteiger partial charge >= 0.3 is 0 Å². The van der Waals surface area contributed by atoms with Gasteiger partial charge < -0.3 is 9.88 Å². The molecular weight excluding hydrogens is 240 g/mol. The molecule has 0 atom stereocenters. The Morgan fingerprint density at radius 1 is 1.53 bits per heavy atom. The fourth-order valence-electron chi connectivity index (χ4n) is 1.26. The molecular formula is C10H20N4O2S. The maximum Gasteiger partial charge on any atom is 0.257 e. The van der Waals surface area contributed by atoms with E-state index in [0.29, 0.717) is 12.6 Å². The summed E-state index contributed by atoms with van der Waals surface area (Å²) in [4.78, 5) is 8.43. The Kier molecular flexibility index (Phi) is 5.10. The van der Waals surface area contributed by atoms with E-state index in [-0.39, 0.29) is 5.03 Å². The Hall–Kier alpha value is -0.920. The van der Waals surface area contributed by atoms with Gasteiger partial charge in [-0.3, -0.25) is 0 Å². The van der Waals surface area contributed by atoms with E-state index >= 15 is 0 Å². The molecule has 6 nitrogen and oxygen atoms in total. The molecule has 0 fully saturated rings. The smallest absolute Gasteiger partial charge is 0.257 e. The Labute approximate surface area is 102 Å². The maximum absolute atomic E-state index is 11.7. The molecule has 98 valence electrons. The summed E-state index contributed by atoms with van der Waals surface area (Å²) in [5.41, 5.74) is 0. The minimum atomic E-state index is -3.42. The molecule has 0 aliphatic carbocycles. The van der Waals surface area contributed by atoms with Crippen LogP contribution in [0, 0.1) is 0 Å². The van der Waals surface area contributed by atoms with Crippen molar-refractivity contribution >= 4 is 10.0 Å². The molecule has 17 heavy (non-hydrogen) atoms. The van der Waals surface area contributed by atoms with Crippen LogP contribution in [-0.2, 0) is 10.0 Å². The van der Waals surface area contributed by atoms with Crippen molar-refractivity contribution in [3.8, 4) is 0 Å². The standard InChI is InChI=1S/C10H20N4O2S/c1-9(2)14(3)6-4-5-13-17(15,16)10-7-11-8-12-10/h7-9,13H,4-6H2,1-3H3,(H,11,12). The van der Waals surface area contributed by atoms with E-state index in [1.165, 1.54) is 12.5 Å². The molecule has 0 aliphatic rings. The van der Waals surface area contributed by atoms with Crippen molar-refractivity contribution in [1.82, 2.24) is 19.6 Å². The van der Waals surface area contributed by atoms with Crippen LogP contribution in [0.15, 0.2) is 17.6 Å². The van der Waals surface area contributed by atoms with Gasteiger partial charge in [-0.1, -0.05) is 0 Å². The molecule has 0 aromatic carbocycles. The molecule has 0 spiro atoms. The number of nitrogens with one attached hydrogen (secondary N) is 2. The zero-order valence-electron chi connectivity index (χ0n) is 10.5. The number of aromatic nitrogens is 2. The van der Waals surface area contributed by atoms with E-state index in [2.05, 4.69) is 33.4 Å². The third-order valence-electron chi connectivity index (χ3n) is 2.62. The Morgan fingerprint density at radius 3 is 2.76 bits per heavy atom. The van der Waals surface area contributed by atoms with Crippen LogP contribution in [-0.4, -0.2) is 49.5 Å². The van der Waals surface area contributed by atoms with Crippen molar-refractivity contribution in [2.24, 2.45) is 0 Å². The van der Waals surface area contributed by atoms with Gasteiger partial charge in [-0.05, 0) is 33.9 Å². The summed E-state index contributed by atoms with van der Waals surface area (Å²) in [5.74, 6) is 0. The van der Waals surface area contributed by atoms with Gasteiger partial charge in [0.2, 0.25) is 0 Å². The number of rotatable bonds is 7. The highest BCUT2D eigenvalue weighted by atomic mass is 32.2. The van der Waals surface area contributed by atoms with Crippen LogP contribution in [0.3, 0.4) is 0 Å². The molecule has 0 radical (unpaired) electrons. The number of nitrogens with zero attached hydrogens (tertiary/aromatic N) is 2. The summed E-state index contributed by atoms with van der Waals surface area (Å²) in [7, 11) is -1.40. The van der Waals surface area contributed by atoms with Gasteiger partial charge in [0.05, 0.1) is 12.5 Å². The van der Waals surface area contributed by atoms with Crippen LogP contribution in [0.25, 0.3) is 0 Å². The molecule has 0 amide bonds. The minimum Gasteiger partial charge on any atom is -0.335 e. The zero-order chi connectivity index (χ0) is 12.9. The monoisotopic (exact) mass is 260 g/mol. The zero-order valence-corrected chi connectivity index (χ0v) is 11.3. The van der Waals surface area contributed by atoms with Gasteiger partial charge in [-0.2, -0.15) is 0 Å². The van der Waals surface area contributed by atoms with E-state index in [1.807, 2.05) is 7.05 Å². The topological polar surface area (TPSA) is 78.1 Å². The average Bonchev–Trinajstić information content (AvgIpc) is 2.77. The molecule has 1 aromatic rings. The third-order valence-corrected chi connectivity index (χ3v) is 4.01. The van der Waals surface area contributed by atoms with Crippen LogP contribution < -0.4 is 4.72 Å². The van der Waals surface area contributed by atoms with Gasteiger partial charge in [-0.25, -0.2) is 18.1 Å². The first kappa shape index (κ1) is 14.1. The predicted octanol–water partition coefficient (Wildman–Crippen LogP) is 0.418. The lowest BCUT2D eigenvalue weighted by atomic mass is 10.3. The van der Waals surface area contributed by atoms with Crippen molar-refractivity contribution in [3.63, 3.8) is 0 Å². The molecule has 1 heterocycles. The number of aromatic amines is 1. The van der Waals surface area contributed by atoms with Crippen LogP contribution in [0.4, 0.5) is 0 Å². The first-order valence-electron chi connectivity index (χ1n) is 5.62. The fraction of sp³-hybridized carbons (Fsp3) is 0.700. The summed E-state index contributed by atoms with van der Waals surface area (Å²) in [6.45, 7) is 5.51. The van der Waals surface area contributed by atoms with Crippen LogP contribution in [0.5, 0.6) is 0 Å². The molecule has 1 aromatic heterocycles. The SMILES string of the molecule is CC(C)N(C)CCCNS(=O)(=O)c1cnc[nH]1. The predicted molar refractivity (Wildman–Crippen MR) is 66.2 cm³/mol. The summed E-state index contributed by atoms with van der Waals surface area (Å²) in [6, 6.07) is 0.471. The van der Waals surface area contributed by atoms with Crippen LogP contribution in [0.1, 0.15) is 20.3 Å². The number of imidazole rings is 1. The minimum absolute atomic E-state index is 0.106. The first-order chi connectivity index (χ1) is 7.93. The van der Waals surface area contributed by atoms with Crippen molar-refractivity contribution < 1.29 is 8.42 Å². The van der Waals surface area contributed by atoms with Gasteiger partial charge in [0.25, 0.3) is 10.0 Å². The summed E-state index contributed by atoms with van der Waals surface area (Å²) in [6.07, 6.45) is 3.42. The Bertz CT molecular complexity index is 414. The summed E-state index contributed by atoms with van der Waals surface area (Å²) < 4.78 is 25.9. The lowest BCUT2D eigenvalue weighted by Gasteiger charge is -2.20. The molecule has 0 unspecified atom stereocenters. The van der Waals surface area contributed by atoms with E-state index in [9.17, 15) is 8.42 Å². The molecule has 7 heteroatoms. The molecule has 1 rings (SSSR count). The van der Waals surface area contributed by atoms with Gasteiger partial charge in [0.15, 0.2) is 5.03 Å². The summed E-state index contributed by atoms with van der Waals surface area (Å²) in [5, 5.41) is 0.106. The van der Waals surface area contributed by atoms with Crippen molar-refractivity contribution in [2.45, 2.75) is 31.3 Å². The number of H-pyrrole nitrogens is 1. The van der Waals surface area contributed by atoms with Crippen molar-refractivity contribution in [2.75, 3.05) is 20.1 Å². The Morgan fingerprint density at radius 2 is 2.24 bits per heavy atom. The second kappa shape index (κ2) is 6.13. The Balaban J connectivity index is 2.32. The average molecular weight is 260 g/mol. The first-order valence-corrected chi connectivity index (χ1v) is 7.10. The molecule has 0 saturated heterocycles. The highest BCUT2D eigenvalue weighted by Crippen LogP contribution is 2.02. The second-order valence-corrected chi connectivity index (χ2v) is 5.98. The third kappa shape index (κ3) is 4.45. The normalized spacial score (nSPS) is 12.5. The number of sulfonamides is 1. The highest BCUT2D eigenvalue weighted by Gasteiger charge is 2.14. The van der Waals surface area contributed by atoms with Gasteiger partial charge in [-0.15, -0.1) is 0 Å². The van der Waals surface area contributed by atoms with Crippen molar-refractivity contribution in [1.29, 1.82) is 0 Å². The van der Waals surface area contributed by atoms with Crippen molar-refractivity contribution in [3.05, 3.63) is 12.5 Å². The van der Waals surface area contributed by atoms with Gasteiger partial charge in [0, 0.05) is 12.6 Å². The number of hydrogen-bond donors (Lipinski definition) is 2. The van der Waals surface area contributed by atoms with E-state index in [1.54, 1.807) is 0 Å². The lowest BCUT2D eigenvalue weighted by Crippen LogP contribution is -2.31. The van der Waals surface area contributed by atoms with E-state index in [4.69, 9.17) is 0 Å².